The summed E-state index contributed by atoms with van der Waals surface area (Å²) in [5.74, 6) is -0.483. The molecule has 0 heterocycles. The number of nitrogens with one attached hydrogen (secondary N) is 1. The van der Waals surface area contributed by atoms with E-state index in [9.17, 15) is 9.18 Å². The first-order valence-electron chi connectivity index (χ1n) is 5.68. The van der Waals surface area contributed by atoms with Crippen molar-refractivity contribution < 1.29 is 13.9 Å². The van der Waals surface area contributed by atoms with Gasteiger partial charge in [0.25, 0.3) is 5.91 Å². The first-order valence-corrected chi connectivity index (χ1v) is 7.13. The van der Waals surface area contributed by atoms with Crippen molar-refractivity contribution in [1.29, 1.82) is 0 Å². The van der Waals surface area contributed by atoms with E-state index in [1.54, 1.807) is 12.1 Å². The monoisotopic (exact) mass is 405 g/mol. The fourth-order valence-electron chi connectivity index (χ4n) is 1.45. The molecule has 3 nitrogen and oxygen atoms in total. The summed E-state index contributed by atoms with van der Waals surface area (Å²) in [6, 6.07) is 11.3. The highest BCUT2D eigenvalue weighted by Gasteiger charge is 2.06. The second-order valence-electron chi connectivity index (χ2n) is 3.92. The van der Waals surface area contributed by atoms with Gasteiger partial charge in [-0.05, 0) is 59.0 Å². The molecule has 1 amide bonds. The molecule has 0 bridgehead atoms. The summed E-state index contributed by atoms with van der Waals surface area (Å²) in [7, 11) is 0. The maximum absolute atomic E-state index is 13.0. The van der Waals surface area contributed by atoms with E-state index in [1.165, 1.54) is 18.2 Å². The minimum atomic E-state index is -0.526. The van der Waals surface area contributed by atoms with Gasteiger partial charge in [0.05, 0.1) is 5.02 Å². The Morgan fingerprint density at radius 1 is 1.25 bits per heavy atom. The molecule has 0 saturated carbocycles. The van der Waals surface area contributed by atoms with Crippen molar-refractivity contribution in [2.24, 2.45) is 0 Å². The van der Waals surface area contributed by atoms with Gasteiger partial charge in [0.2, 0.25) is 0 Å². The predicted molar refractivity (Wildman–Crippen MR) is 84.7 cm³/mol. The van der Waals surface area contributed by atoms with Gasteiger partial charge < -0.3 is 10.1 Å². The molecule has 20 heavy (non-hydrogen) atoms. The number of ether oxygens (including phenoxy) is 1. The highest BCUT2D eigenvalue weighted by atomic mass is 127. The lowest BCUT2D eigenvalue weighted by atomic mass is 10.3. The largest absolute Gasteiger partial charge is 0.484 e. The lowest BCUT2D eigenvalue weighted by molar-refractivity contribution is -0.118. The van der Waals surface area contributed by atoms with Gasteiger partial charge in [0.15, 0.2) is 6.61 Å². The van der Waals surface area contributed by atoms with Crippen molar-refractivity contribution in [2.75, 3.05) is 11.9 Å². The van der Waals surface area contributed by atoms with Gasteiger partial charge in [-0.1, -0.05) is 11.6 Å². The van der Waals surface area contributed by atoms with Crippen LogP contribution < -0.4 is 10.1 Å². The average molecular weight is 406 g/mol. The molecule has 0 spiro atoms. The van der Waals surface area contributed by atoms with E-state index >= 15 is 0 Å². The molecule has 0 fully saturated rings. The Kier molecular flexibility index (Phi) is 5.19. The van der Waals surface area contributed by atoms with Crippen LogP contribution in [0.2, 0.25) is 5.02 Å². The highest BCUT2D eigenvalue weighted by Crippen LogP contribution is 2.21. The van der Waals surface area contributed by atoms with Crippen LogP contribution in [0.4, 0.5) is 10.1 Å². The maximum Gasteiger partial charge on any atom is 0.262 e. The van der Waals surface area contributed by atoms with E-state index in [-0.39, 0.29) is 17.5 Å². The van der Waals surface area contributed by atoms with Crippen LogP contribution in [0, 0.1) is 9.39 Å². The van der Waals surface area contributed by atoms with E-state index in [1.807, 2.05) is 12.1 Å². The van der Waals surface area contributed by atoms with Gasteiger partial charge in [-0.15, -0.1) is 0 Å². The third kappa shape index (κ3) is 4.35. The quantitative estimate of drug-likeness (QED) is 0.778. The Hall–Kier alpha value is -1.34. The Bertz CT molecular complexity index is 619. The Morgan fingerprint density at radius 2 is 1.95 bits per heavy atom. The van der Waals surface area contributed by atoms with Crippen LogP contribution in [0.25, 0.3) is 0 Å². The number of carbonyl (C=O) groups excluding carboxylic acids is 1. The van der Waals surface area contributed by atoms with Crippen LogP contribution in [0.15, 0.2) is 42.5 Å². The molecule has 104 valence electrons. The first kappa shape index (κ1) is 15.1. The van der Waals surface area contributed by atoms with E-state index in [0.717, 1.165) is 3.57 Å². The normalized spacial score (nSPS) is 10.2. The maximum atomic E-state index is 13.0. The zero-order valence-electron chi connectivity index (χ0n) is 10.2. The molecule has 0 aliphatic carbocycles. The molecule has 0 radical (unpaired) electrons. The second-order valence-corrected chi connectivity index (χ2v) is 5.57. The molecule has 1 N–H and O–H groups in total. The standard InChI is InChI=1S/C14H10ClFINO2/c15-12-7-11(5-6-13(12)16)20-8-14(19)18-10-3-1-9(17)2-4-10/h1-7H,8H2,(H,18,19). The van der Waals surface area contributed by atoms with Crippen LogP contribution in [0.5, 0.6) is 5.75 Å². The minimum absolute atomic E-state index is 0.0412. The van der Waals surface area contributed by atoms with Gasteiger partial charge >= 0.3 is 0 Å². The van der Waals surface area contributed by atoms with Crippen LogP contribution in [-0.2, 0) is 4.79 Å². The van der Waals surface area contributed by atoms with E-state index < -0.39 is 5.82 Å². The topological polar surface area (TPSA) is 38.3 Å². The summed E-state index contributed by atoms with van der Waals surface area (Å²) in [4.78, 5) is 11.7. The average Bonchev–Trinajstić information content (AvgIpc) is 2.43. The van der Waals surface area contributed by atoms with Crippen LogP contribution in [0.1, 0.15) is 0 Å². The molecule has 0 aliphatic heterocycles. The fraction of sp³-hybridized carbons (Fsp3) is 0.0714. The smallest absolute Gasteiger partial charge is 0.262 e. The Morgan fingerprint density at radius 3 is 2.60 bits per heavy atom. The number of benzene rings is 2. The minimum Gasteiger partial charge on any atom is -0.484 e. The summed E-state index contributed by atoms with van der Waals surface area (Å²) in [6.45, 7) is -0.173. The molecule has 0 saturated heterocycles. The van der Waals surface area contributed by atoms with Gasteiger partial charge in [0.1, 0.15) is 11.6 Å². The van der Waals surface area contributed by atoms with Crippen molar-refractivity contribution >= 4 is 45.8 Å². The molecule has 6 heteroatoms. The zero-order valence-corrected chi connectivity index (χ0v) is 13.1. The second kappa shape index (κ2) is 6.90. The highest BCUT2D eigenvalue weighted by molar-refractivity contribution is 14.1. The molecule has 2 aromatic rings. The van der Waals surface area contributed by atoms with Crippen LogP contribution in [0.3, 0.4) is 0 Å². The Balaban J connectivity index is 1.88. The summed E-state index contributed by atoms with van der Waals surface area (Å²) in [6.07, 6.45) is 0. The van der Waals surface area contributed by atoms with Gasteiger partial charge in [-0.25, -0.2) is 4.39 Å². The van der Waals surface area contributed by atoms with Crippen LogP contribution >= 0.6 is 34.2 Å². The number of hydrogen-bond donors (Lipinski definition) is 1. The number of hydrogen-bond acceptors (Lipinski definition) is 2. The third-order valence-corrected chi connectivity index (χ3v) is 3.40. The van der Waals surface area contributed by atoms with Gasteiger partial charge in [0, 0.05) is 15.3 Å². The number of rotatable bonds is 4. The van der Waals surface area contributed by atoms with Crippen molar-refractivity contribution in [3.63, 3.8) is 0 Å². The van der Waals surface area contributed by atoms with E-state index in [4.69, 9.17) is 16.3 Å². The van der Waals surface area contributed by atoms with E-state index in [0.29, 0.717) is 11.4 Å². The molecule has 0 unspecified atom stereocenters. The molecule has 0 aromatic heterocycles. The van der Waals surface area contributed by atoms with Crippen molar-refractivity contribution in [3.8, 4) is 5.75 Å². The van der Waals surface area contributed by atoms with Crippen molar-refractivity contribution in [3.05, 3.63) is 56.9 Å². The molecule has 2 rings (SSSR count). The Labute approximate surface area is 134 Å². The number of amides is 1. The molecular formula is C14H10ClFINO2. The first-order chi connectivity index (χ1) is 9.54. The van der Waals surface area contributed by atoms with Crippen molar-refractivity contribution in [1.82, 2.24) is 0 Å². The summed E-state index contributed by atoms with van der Waals surface area (Å²) >= 11 is 7.80. The molecule has 0 aliphatic rings. The summed E-state index contributed by atoms with van der Waals surface area (Å²) < 4.78 is 19.3. The summed E-state index contributed by atoms with van der Waals surface area (Å²) in [5, 5.41) is 2.65. The molecular weight excluding hydrogens is 396 g/mol. The number of carbonyl (C=O) groups is 1. The number of halogens is 3. The fourth-order valence-corrected chi connectivity index (χ4v) is 1.98. The predicted octanol–water partition coefficient (Wildman–Crippen LogP) is 4.10. The third-order valence-electron chi connectivity index (χ3n) is 2.39. The van der Waals surface area contributed by atoms with Gasteiger partial charge in [-0.2, -0.15) is 0 Å². The van der Waals surface area contributed by atoms with Crippen LogP contribution in [-0.4, -0.2) is 12.5 Å². The molecule has 2 aromatic carbocycles. The van der Waals surface area contributed by atoms with E-state index in [2.05, 4.69) is 27.9 Å². The van der Waals surface area contributed by atoms with Gasteiger partial charge in [-0.3, -0.25) is 4.79 Å². The lowest BCUT2D eigenvalue weighted by Gasteiger charge is -2.08. The zero-order chi connectivity index (χ0) is 14.5. The number of anilines is 1. The SMILES string of the molecule is O=C(COc1ccc(F)c(Cl)c1)Nc1ccc(I)cc1. The molecule has 0 atom stereocenters. The van der Waals surface area contributed by atoms with Crippen molar-refractivity contribution in [2.45, 2.75) is 0 Å². The summed E-state index contributed by atoms with van der Waals surface area (Å²) in [5.41, 5.74) is 0.691. The lowest BCUT2D eigenvalue weighted by Crippen LogP contribution is -2.20.